The number of aliphatic hydroxyl groups excluding tert-OH is 1. The first-order chi connectivity index (χ1) is 7.66. The van der Waals surface area contributed by atoms with E-state index < -0.39 is 12.1 Å². The molecule has 0 spiro atoms. The lowest BCUT2D eigenvalue weighted by atomic mass is 10.0. The Bertz CT molecular complexity index is 190. The van der Waals surface area contributed by atoms with E-state index in [1.165, 1.54) is 19.3 Å². The second-order valence-electron chi connectivity index (χ2n) is 4.22. The van der Waals surface area contributed by atoms with E-state index in [2.05, 4.69) is 6.58 Å². The monoisotopic (exact) mass is 228 g/mol. The van der Waals surface area contributed by atoms with E-state index in [-0.39, 0.29) is 6.42 Å². The lowest BCUT2D eigenvalue weighted by Crippen LogP contribution is -2.09. The van der Waals surface area contributed by atoms with Gasteiger partial charge in [0.25, 0.3) is 0 Å². The molecule has 0 rings (SSSR count). The van der Waals surface area contributed by atoms with Gasteiger partial charge in [-0.2, -0.15) is 0 Å². The largest absolute Gasteiger partial charge is 0.481 e. The quantitative estimate of drug-likeness (QED) is 0.422. The highest BCUT2D eigenvalue weighted by Gasteiger charge is 2.06. The van der Waals surface area contributed by atoms with Crippen molar-refractivity contribution in [2.75, 3.05) is 0 Å². The average molecular weight is 228 g/mol. The van der Waals surface area contributed by atoms with Gasteiger partial charge in [-0.15, -0.1) is 6.58 Å². The summed E-state index contributed by atoms with van der Waals surface area (Å²) in [6.07, 6.45) is 9.50. The van der Waals surface area contributed by atoms with Crippen molar-refractivity contribution in [1.82, 2.24) is 0 Å². The molecule has 0 saturated carbocycles. The SMILES string of the molecule is C=CCCCCCCCC(O)CCC(=O)O. The van der Waals surface area contributed by atoms with Crippen LogP contribution in [0.4, 0.5) is 0 Å². The number of hydrogen-bond donors (Lipinski definition) is 2. The normalized spacial score (nSPS) is 12.3. The van der Waals surface area contributed by atoms with E-state index in [9.17, 15) is 9.90 Å². The van der Waals surface area contributed by atoms with Gasteiger partial charge in [0.2, 0.25) is 0 Å². The number of carbonyl (C=O) groups is 1. The maximum atomic E-state index is 10.3. The zero-order valence-corrected chi connectivity index (χ0v) is 10.0. The van der Waals surface area contributed by atoms with Gasteiger partial charge in [0.05, 0.1) is 6.10 Å². The number of carboxylic acid groups (broad SMARTS) is 1. The van der Waals surface area contributed by atoms with Crippen molar-refractivity contribution in [3.05, 3.63) is 12.7 Å². The van der Waals surface area contributed by atoms with E-state index in [1.807, 2.05) is 6.08 Å². The van der Waals surface area contributed by atoms with Crippen LogP contribution in [0.5, 0.6) is 0 Å². The van der Waals surface area contributed by atoms with Crippen molar-refractivity contribution in [3.8, 4) is 0 Å². The molecule has 0 bridgehead atoms. The summed E-state index contributed by atoms with van der Waals surface area (Å²) in [7, 11) is 0. The molecule has 0 aliphatic carbocycles. The smallest absolute Gasteiger partial charge is 0.303 e. The number of carboxylic acids is 1. The zero-order valence-electron chi connectivity index (χ0n) is 10.0. The Morgan fingerprint density at radius 3 is 2.38 bits per heavy atom. The molecule has 0 aromatic rings. The number of allylic oxidation sites excluding steroid dienone is 1. The molecule has 0 aliphatic heterocycles. The van der Waals surface area contributed by atoms with Crippen LogP contribution < -0.4 is 0 Å². The van der Waals surface area contributed by atoms with Crippen LogP contribution in [0.2, 0.25) is 0 Å². The molecule has 0 amide bonds. The first-order valence-corrected chi connectivity index (χ1v) is 6.17. The number of rotatable bonds is 11. The van der Waals surface area contributed by atoms with Gasteiger partial charge in [-0.3, -0.25) is 4.79 Å². The van der Waals surface area contributed by atoms with Gasteiger partial charge in [0, 0.05) is 6.42 Å². The summed E-state index contributed by atoms with van der Waals surface area (Å²) >= 11 is 0. The van der Waals surface area contributed by atoms with Crippen LogP contribution in [-0.4, -0.2) is 22.3 Å². The highest BCUT2D eigenvalue weighted by Crippen LogP contribution is 2.11. The molecule has 1 atom stereocenters. The molecule has 0 aliphatic rings. The van der Waals surface area contributed by atoms with Gasteiger partial charge >= 0.3 is 5.97 Å². The van der Waals surface area contributed by atoms with Crippen LogP contribution in [0, 0.1) is 0 Å². The van der Waals surface area contributed by atoms with E-state index in [4.69, 9.17) is 5.11 Å². The molecule has 0 fully saturated rings. The van der Waals surface area contributed by atoms with Crippen molar-refractivity contribution < 1.29 is 15.0 Å². The summed E-state index contributed by atoms with van der Waals surface area (Å²) < 4.78 is 0. The third-order valence-corrected chi connectivity index (χ3v) is 2.64. The van der Waals surface area contributed by atoms with Crippen molar-refractivity contribution in [1.29, 1.82) is 0 Å². The van der Waals surface area contributed by atoms with Crippen molar-refractivity contribution in [3.63, 3.8) is 0 Å². The standard InChI is InChI=1S/C13H24O3/c1-2-3-4-5-6-7-8-9-12(14)10-11-13(15)16/h2,12,14H,1,3-11H2,(H,15,16). The Kier molecular flexibility index (Phi) is 10.1. The molecule has 94 valence electrons. The van der Waals surface area contributed by atoms with Gasteiger partial charge in [0.1, 0.15) is 0 Å². The first-order valence-electron chi connectivity index (χ1n) is 6.17. The fraction of sp³-hybridized carbons (Fsp3) is 0.769. The lowest BCUT2D eigenvalue weighted by molar-refractivity contribution is -0.137. The van der Waals surface area contributed by atoms with Crippen LogP contribution in [0.25, 0.3) is 0 Å². The molecule has 0 aromatic carbocycles. The summed E-state index contributed by atoms with van der Waals surface area (Å²) in [6, 6.07) is 0. The Hall–Kier alpha value is -0.830. The predicted octanol–water partition coefficient (Wildman–Crippen LogP) is 3.13. The van der Waals surface area contributed by atoms with E-state index in [0.717, 1.165) is 25.7 Å². The molecular formula is C13H24O3. The molecule has 0 saturated heterocycles. The van der Waals surface area contributed by atoms with Crippen LogP contribution in [0.15, 0.2) is 12.7 Å². The molecule has 0 radical (unpaired) electrons. The summed E-state index contributed by atoms with van der Waals surface area (Å²) in [4.78, 5) is 10.3. The van der Waals surface area contributed by atoms with E-state index in [0.29, 0.717) is 6.42 Å². The van der Waals surface area contributed by atoms with E-state index in [1.54, 1.807) is 0 Å². The number of hydrogen-bond acceptors (Lipinski definition) is 2. The maximum absolute atomic E-state index is 10.3. The molecule has 3 nitrogen and oxygen atoms in total. The summed E-state index contributed by atoms with van der Waals surface area (Å²) in [5, 5.41) is 17.9. The third kappa shape index (κ3) is 11.2. The molecular weight excluding hydrogens is 204 g/mol. The number of aliphatic hydroxyl groups is 1. The second-order valence-corrected chi connectivity index (χ2v) is 4.22. The molecule has 0 aromatic heterocycles. The summed E-state index contributed by atoms with van der Waals surface area (Å²) in [5.74, 6) is -0.830. The van der Waals surface area contributed by atoms with Crippen molar-refractivity contribution in [2.24, 2.45) is 0 Å². The third-order valence-electron chi connectivity index (χ3n) is 2.64. The predicted molar refractivity (Wildman–Crippen MR) is 65.4 cm³/mol. The molecule has 16 heavy (non-hydrogen) atoms. The Labute approximate surface area is 98.2 Å². The van der Waals surface area contributed by atoms with Gasteiger partial charge in [-0.1, -0.05) is 31.8 Å². The van der Waals surface area contributed by atoms with Crippen molar-refractivity contribution in [2.45, 2.75) is 63.9 Å². The van der Waals surface area contributed by atoms with Crippen LogP contribution in [0.1, 0.15) is 57.8 Å². The van der Waals surface area contributed by atoms with Crippen LogP contribution in [0.3, 0.4) is 0 Å². The molecule has 2 N–H and O–H groups in total. The van der Waals surface area contributed by atoms with Crippen LogP contribution >= 0.6 is 0 Å². The first kappa shape index (κ1) is 15.2. The minimum atomic E-state index is -0.830. The maximum Gasteiger partial charge on any atom is 0.303 e. The fourth-order valence-electron chi connectivity index (χ4n) is 1.63. The minimum Gasteiger partial charge on any atom is -0.481 e. The number of unbranched alkanes of at least 4 members (excludes halogenated alkanes) is 5. The van der Waals surface area contributed by atoms with E-state index >= 15 is 0 Å². The van der Waals surface area contributed by atoms with Gasteiger partial charge in [-0.25, -0.2) is 0 Å². The highest BCUT2D eigenvalue weighted by atomic mass is 16.4. The lowest BCUT2D eigenvalue weighted by Gasteiger charge is -2.08. The topological polar surface area (TPSA) is 57.5 Å². The Balaban J connectivity index is 3.17. The van der Waals surface area contributed by atoms with Gasteiger partial charge in [0.15, 0.2) is 0 Å². The number of aliphatic carboxylic acids is 1. The highest BCUT2D eigenvalue weighted by molar-refractivity contribution is 5.66. The van der Waals surface area contributed by atoms with Gasteiger partial charge < -0.3 is 10.2 Å². The zero-order chi connectivity index (χ0) is 12.2. The molecule has 1 unspecified atom stereocenters. The summed E-state index contributed by atoms with van der Waals surface area (Å²) in [6.45, 7) is 3.67. The average Bonchev–Trinajstić information content (AvgIpc) is 2.25. The Morgan fingerprint density at radius 1 is 1.12 bits per heavy atom. The molecule has 3 heteroatoms. The van der Waals surface area contributed by atoms with Crippen LogP contribution in [-0.2, 0) is 4.79 Å². The van der Waals surface area contributed by atoms with Crippen molar-refractivity contribution >= 4 is 5.97 Å². The molecule has 0 heterocycles. The fourth-order valence-corrected chi connectivity index (χ4v) is 1.63. The minimum absolute atomic E-state index is 0.0699. The van der Waals surface area contributed by atoms with Gasteiger partial charge in [-0.05, 0) is 25.7 Å². The summed E-state index contributed by atoms with van der Waals surface area (Å²) in [5.41, 5.74) is 0. The Morgan fingerprint density at radius 2 is 1.75 bits per heavy atom. The second kappa shape index (κ2) is 10.7.